The molecule has 92 valence electrons. The Morgan fingerprint density at radius 2 is 1.75 bits per heavy atom. The van der Waals surface area contributed by atoms with Crippen LogP contribution in [0, 0.1) is 0 Å². The monoisotopic (exact) mass is 225 g/mol. The van der Waals surface area contributed by atoms with Crippen molar-refractivity contribution in [3.05, 3.63) is 0 Å². The lowest BCUT2D eigenvalue weighted by Gasteiger charge is -2.34. The molecule has 0 bridgehead atoms. The van der Waals surface area contributed by atoms with Crippen LogP contribution in [0.25, 0.3) is 0 Å². The highest BCUT2D eigenvalue weighted by Crippen LogP contribution is 2.30. The van der Waals surface area contributed by atoms with Crippen molar-refractivity contribution in [2.75, 3.05) is 33.2 Å². The largest absolute Gasteiger partial charge is 0.340 e. The molecule has 0 aromatic rings. The summed E-state index contributed by atoms with van der Waals surface area (Å²) in [4.78, 5) is 16.3. The van der Waals surface area contributed by atoms with Crippen LogP contribution in [0.15, 0.2) is 0 Å². The van der Waals surface area contributed by atoms with Crippen molar-refractivity contribution < 1.29 is 4.79 Å². The molecule has 1 amide bonds. The molecular formula is C12H23N3O. The molecule has 2 rings (SSSR count). The van der Waals surface area contributed by atoms with E-state index in [-0.39, 0.29) is 11.4 Å². The number of carbonyl (C=O) groups is 1. The molecule has 0 aromatic carbocycles. The van der Waals surface area contributed by atoms with Crippen LogP contribution in [0.1, 0.15) is 32.1 Å². The summed E-state index contributed by atoms with van der Waals surface area (Å²) in [6.07, 6.45) is 4.97. The first-order valence-electron chi connectivity index (χ1n) is 6.34. The predicted octanol–water partition coefficient (Wildman–Crippen LogP) is 0.422. The number of hydrogen-bond acceptors (Lipinski definition) is 3. The summed E-state index contributed by atoms with van der Waals surface area (Å²) in [6.45, 7) is 3.71. The van der Waals surface area contributed by atoms with Gasteiger partial charge in [0.2, 0.25) is 5.91 Å². The number of amides is 1. The molecule has 0 atom stereocenters. The molecule has 1 aliphatic carbocycles. The maximum absolute atomic E-state index is 12.1. The van der Waals surface area contributed by atoms with Crippen molar-refractivity contribution in [2.24, 2.45) is 5.73 Å². The Hall–Kier alpha value is -0.610. The Kier molecular flexibility index (Phi) is 3.50. The van der Waals surface area contributed by atoms with Crippen LogP contribution in [0.3, 0.4) is 0 Å². The molecule has 0 aromatic heterocycles. The van der Waals surface area contributed by atoms with E-state index in [9.17, 15) is 4.79 Å². The molecule has 4 heteroatoms. The number of nitrogens with two attached hydrogens (primary N) is 1. The fourth-order valence-corrected chi connectivity index (χ4v) is 2.72. The van der Waals surface area contributed by atoms with Crippen LogP contribution in [-0.2, 0) is 4.79 Å². The van der Waals surface area contributed by atoms with Gasteiger partial charge in [0.15, 0.2) is 0 Å². The van der Waals surface area contributed by atoms with Crippen molar-refractivity contribution in [1.82, 2.24) is 9.80 Å². The third-order valence-corrected chi connectivity index (χ3v) is 3.96. The molecular weight excluding hydrogens is 202 g/mol. The maximum atomic E-state index is 12.1. The second kappa shape index (κ2) is 4.72. The number of likely N-dealkylation sites (N-methyl/N-ethyl adjacent to an activating group) is 1. The molecule has 0 spiro atoms. The summed E-state index contributed by atoms with van der Waals surface area (Å²) in [6, 6.07) is 0. The van der Waals surface area contributed by atoms with Gasteiger partial charge in [-0.1, -0.05) is 12.8 Å². The number of hydrogen-bond donors (Lipinski definition) is 1. The minimum atomic E-state index is -0.194. The minimum absolute atomic E-state index is 0.194. The van der Waals surface area contributed by atoms with Gasteiger partial charge in [-0.2, -0.15) is 0 Å². The summed E-state index contributed by atoms with van der Waals surface area (Å²) in [5.41, 5.74) is 6.04. The van der Waals surface area contributed by atoms with E-state index < -0.39 is 0 Å². The molecule has 2 aliphatic rings. The quantitative estimate of drug-likeness (QED) is 0.741. The fraction of sp³-hybridized carbons (Fsp3) is 0.917. The Balaban J connectivity index is 1.83. The van der Waals surface area contributed by atoms with Crippen molar-refractivity contribution >= 4 is 5.91 Å². The lowest BCUT2D eigenvalue weighted by molar-refractivity contribution is -0.134. The topological polar surface area (TPSA) is 49.6 Å². The fourth-order valence-electron chi connectivity index (χ4n) is 2.72. The standard InChI is InChI=1S/C12H23N3O/c1-14-6-8-15(9-7-14)11(16)10-12(13)4-2-3-5-12/h2-10,13H2,1H3. The average Bonchev–Trinajstić information content (AvgIpc) is 2.65. The third kappa shape index (κ3) is 2.74. The van der Waals surface area contributed by atoms with E-state index in [0.717, 1.165) is 39.0 Å². The van der Waals surface area contributed by atoms with Crippen LogP contribution in [0.5, 0.6) is 0 Å². The molecule has 1 saturated carbocycles. The van der Waals surface area contributed by atoms with Gasteiger partial charge in [0.05, 0.1) is 0 Å². The number of piperazine rings is 1. The third-order valence-electron chi connectivity index (χ3n) is 3.96. The molecule has 1 aliphatic heterocycles. The van der Waals surface area contributed by atoms with Gasteiger partial charge in [-0.25, -0.2) is 0 Å². The zero-order valence-corrected chi connectivity index (χ0v) is 10.2. The molecule has 1 heterocycles. The van der Waals surface area contributed by atoms with E-state index in [4.69, 9.17) is 5.73 Å². The first kappa shape index (κ1) is 11.9. The van der Waals surface area contributed by atoms with Crippen LogP contribution in [0.4, 0.5) is 0 Å². The van der Waals surface area contributed by atoms with Gasteiger partial charge in [-0.15, -0.1) is 0 Å². The number of rotatable bonds is 2. The molecule has 0 unspecified atom stereocenters. The van der Waals surface area contributed by atoms with Crippen molar-refractivity contribution in [1.29, 1.82) is 0 Å². The Labute approximate surface area is 97.8 Å². The van der Waals surface area contributed by atoms with Crippen molar-refractivity contribution in [3.8, 4) is 0 Å². The predicted molar refractivity (Wildman–Crippen MR) is 64.1 cm³/mol. The Bertz CT molecular complexity index is 253. The maximum Gasteiger partial charge on any atom is 0.224 e. The van der Waals surface area contributed by atoms with Gasteiger partial charge < -0.3 is 15.5 Å². The highest BCUT2D eigenvalue weighted by molar-refractivity contribution is 5.77. The Morgan fingerprint density at radius 1 is 1.19 bits per heavy atom. The lowest BCUT2D eigenvalue weighted by atomic mass is 9.94. The van der Waals surface area contributed by atoms with Gasteiger partial charge in [-0.05, 0) is 19.9 Å². The summed E-state index contributed by atoms with van der Waals surface area (Å²) in [5.74, 6) is 0.262. The lowest BCUT2D eigenvalue weighted by Crippen LogP contribution is -2.50. The second-order valence-corrected chi connectivity index (χ2v) is 5.43. The van der Waals surface area contributed by atoms with Crippen LogP contribution >= 0.6 is 0 Å². The van der Waals surface area contributed by atoms with E-state index in [1.54, 1.807) is 0 Å². The van der Waals surface area contributed by atoms with Gasteiger partial charge in [0, 0.05) is 38.1 Å². The smallest absolute Gasteiger partial charge is 0.224 e. The first-order chi connectivity index (χ1) is 7.59. The zero-order chi connectivity index (χ0) is 11.6. The number of carbonyl (C=O) groups excluding carboxylic acids is 1. The van der Waals surface area contributed by atoms with Crippen LogP contribution in [-0.4, -0.2) is 54.5 Å². The molecule has 16 heavy (non-hydrogen) atoms. The Morgan fingerprint density at radius 3 is 2.31 bits per heavy atom. The first-order valence-corrected chi connectivity index (χ1v) is 6.34. The molecule has 4 nitrogen and oxygen atoms in total. The van der Waals surface area contributed by atoms with Crippen LogP contribution in [0.2, 0.25) is 0 Å². The van der Waals surface area contributed by atoms with E-state index in [2.05, 4.69) is 11.9 Å². The van der Waals surface area contributed by atoms with E-state index >= 15 is 0 Å². The SMILES string of the molecule is CN1CCN(C(=O)CC2(N)CCCC2)CC1. The van der Waals surface area contributed by atoms with Crippen molar-refractivity contribution in [2.45, 2.75) is 37.6 Å². The van der Waals surface area contributed by atoms with Gasteiger partial charge in [0.25, 0.3) is 0 Å². The summed E-state index contributed by atoms with van der Waals surface area (Å²) < 4.78 is 0. The summed E-state index contributed by atoms with van der Waals surface area (Å²) in [7, 11) is 2.10. The minimum Gasteiger partial charge on any atom is -0.340 e. The molecule has 2 N–H and O–H groups in total. The van der Waals surface area contributed by atoms with Gasteiger partial charge in [0.1, 0.15) is 0 Å². The zero-order valence-electron chi connectivity index (χ0n) is 10.2. The van der Waals surface area contributed by atoms with E-state index in [0.29, 0.717) is 6.42 Å². The summed E-state index contributed by atoms with van der Waals surface area (Å²) in [5, 5.41) is 0. The average molecular weight is 225 g/mol. The molecule has 1 saturated heterocycles. The molecule has 0 radical (unpaired) electrons. The van der Waals surface area contributed by atoms with Crippen molar-refractivity contribution in [3.63, 3.8) is 0 Å². The normalized spacial score (nSPS) is 26.0. The summed E-state index contributed by atoms with van der Waals surface area (Å²) >= 11 is 0. The van der Waals surface area contributed by atoms with Gasteiger partial charge in [-0.3, -0.25) is 4.79 Å². The van der Waals surface area contributed by atoms with Gasteiger partial charge >= 0.3 is 0 Å². The van der Waals surface area contributed by atoms with E-state index in [1.165, 1.54) is 12.8 Å². The second-order valence-electron chi connectivity index (χ2n) is 5.43. The number of nitrogens with zero attached hydrogens (tertiary/aromatic N) is 2. The highest BCUT2D eigenvalue weighted by atomic mass is 16.2. The molecule has 2 fully saturated rings. The van der Waals surface area contributed by atoms with E-state index in [1.807, 2.05) is 4.90 Å². The highest BCUT2D eigenvalue weighted by Gasteiger charge is 2.33. The van der Waals surface area contributed by atoms with Crippen LogP contribution < -0.4 is 5.73 Å².